The van der Waals surface area contributed by atoms with E-state index in [-0.39, 0.29) is 5.75 Å². The molecule has 1 saturated heterocycles. The Labute approximate surface area is 219 Å². The maximum atomic E-state index is 10.3. The van der Waals surface area contributed by atoms with Gasteiger partial charge in [0.05, 0.1) is 17.1 Å². The maximum Gasteiger partial charge on any atom is 0.207 e. The smallest absolute Gasteiger partial charge is 0.207 e. The van der Waals surface area contributed by atoms with E-state index in [1.165, 1.54) is 0 Å². The molecule has 0 amide bonds. The molecule has 10 heteroatoms. The molecule has 1 aliphatic rings. The second-order valence-corrected chi connectivity index (χ2v) is 8.90. The summed E-state index contributed by atoms with van der Waals surface area (Å²) in [7, 11) is 0. The van der Waals surface area contributed by atoms with Gasteiger partial charge in [0.2, 0.25) is 5.82 Å². The van der Waals surface area contributed by atoms with E-state index in [0.29, 0.717) is 22.9 Å². The number of aromatic nitrogens is 6. The number of anilines is 3. The fraction of sp³-hybridized carbons (Fsp3) is 0.179. The lowest BCUT2D eigenvalue weighted by molar-refractivity contribution is 0.477. The molecule has 3 N–H and O–H groups in total. The number of nitrogens with two attached hydrogens (primary N) is 1. The van der Waals surface area contributed by atoms with Crippen molar-refractivity contribution in [3.05, 3.63) is 84.7 Å². The van der Waals surface area contributed by atoms with Crippen molar-refractivity contribution in [1.82, 2.24) is 29.5 Å². The van der Waals surface area contributed by atoms with Crippen LogP contribution in [0.4, 0.5) is 17.3 Å². The first-order valence-electron chi connectivity index (χ1n) is 12.3. The van der Waals surface area contributed by atoms with Crippen LogP contribution in [0.2, 0.25) is 0 Å². The molecule has 5 heterocycles. The van der Waals surface area contributed by atoms with Gasteiger partial charge in [-0.3, -0.25) is 4.40 Å². The monoisotopic (exact) mass is 503 g/mol. The summed E-state index contributed by atoms with van der Waals surface area (Å²) in [5.41, 5.74) is 9.91. The van der Waals surface area contributed by atoms with Crippen LogP contribution in [0.25, 0.3) is 16.9 Å². The van der Waals surface area contributed by atoms with Crippen LogP contribution in [-0.2, 0) is 0 Å². The molecule has 1 aromatic carbocycles. The Hall–Kier alpha value is -5.17. The summed E-state index contributed by atoms with van der Waals surface area (Å²) < 4.78 is 1.93. The minimum atomic E-state index is 0.156. The Balaban J connectivity index is 1.20. The van der Waals surface area contributed by atoms with Gasteiger partial charge in [0.1, 0.15) is 17.2 Å². The van der Waals surface area contributed by atoms with Gasteiger partial charge in [-0.15, -0.1) is 10.2 Å². The molecule has 0 spiro atoms. The van der Waals surface area contributed by atoms with Crippen LogP contribution in [-0.4, -0.2) is 60.8 Å². The summed E-state index contributed by atoms with van der Waals surface area (Å²) in [6.45, 7) is 3.11. The van der Waals surface area contributed by atoms with E-state index in [1.807, 2.05) is 53.1 Å². The minimum Gasteiger partial charge on any atom is -0.507 e. The van der Waals surface area contributed by atoms with Gasteiger partial charge in [0.15, 0.2) is 5.82 Å². The highest BCUT2D eigenvalue weighted by Crippen LogP contribution is 2.31. The number of aromatic hydroxyl groups is 1. The van der Waals surface area contributed by atoms with Crippen LogP contribution < -0.4 is 15.5 Å². The number of phenols is 1. The molecule has 10 nitrogen and oxygen atoms in total. The summed E-state index contributed by atoms with van der Waals surface area (Å²) in [5, 5.41) is 18.6. The van der Waals surface area contributed by atoms with Gasteiger partial charge in [0, 0.05) is 50.3 Å². The van der Waals surface area contributed by atoms with Crippen molar-refractivity contribution in [2.24, 2.45) is 0 Å². The molecule has 4 aromatic heterocycles. The van der Waals surface area contributed by atoms with Gasteiger partial charge in [-0.2, -0.15) is 0 Å². The van der Waals surface area contributed by atoms with Crippen molar-refractivity contribution >= 4 is 23.0 Å². The van der Waals surface area contributed by atoms with Gasteiger partial charge >= 0.3 is 0 Å². The Morgan fingerprint density at radius 1 is 0.842 bits per heavy atom. The van der Waals surface area contributed by atoms with Crippen LogP contribution in [0, 0.1) is 11.8 Å². The standard InChI is InChI=1S/C28H25N9O/c29-28-23(19-22(33-34-28)21-6-1-2-7-24(21)38)35-14-4-15-36(18-17-35)27-11-12-30-25(32-27)10-9-20-5-3-8-26-31-13-16-37(20)26/h1-3,5-8,11-13,16,19,38H,4,14-15,17-18H2,(H2,29,34). The van der Waals surface area contributed by atoms with E-state index in [9.17, 15) is 5.11 Å². The molecule has 188 valence electrons. The maximum absolute atomic E-state index is 10.3. The largest absolute Gasteiger partial charge is 0.507 e. The topological polar surface area (TPSA) is 122 Å². The zero-order valence-electron chi connectivity index (χ0n) is 20.6. The van der Waals surface area contributed by atoms with Crippen LogP contribution in [0.3, 0.4) is 0 Å². The number of para-hydroxylation sites is 1. The zero-order valence-corrected chi connectivity index (χ0v) is 20.6. The predicted octanol–water partition coefficient (Wildman–Crippen LogP) is 2.99. The Kier molecular flexibility index (Phi) is 6.16. The first kappa shape index (κ1) is 23.2. The molecule has 1 aliphatic heterocycles. The van der Waals surface area contributed by atoms with Gasteiger partial charge < -0.3 is 20.6 Å². The molecule has 0 unspecified atom stereocenters. The van der Waals surface area contributed by atoms with Gasteiger partial charge in [-0.05, 0) is 54.7 Å². The van der Waals surface area contributed by atoms with Crippen molar-refractivity contribution in [3.63, 3.8) is 0 Å². The number of imidazole rings is 1. The Morgan fingerprint density at radius 3 is 2.63 bits per heavy atom. The number of benzene rings is 1. The lowest BCUT2D eigenvalue weighted by Gasteiger charge is -2.25. The second kappa shape index (κ2) is 10.1. The van der Waals surface area contributed by atoms with Crippen LogP contribution >= 0.6 is 0 Å². The molecule has 0 radical (unpaired) electrons. The fourth-order valence-corrected chi connectivity index (χ4v) is 4.61. The SMILES string of the molecule is Nc1nnc(-c2ccccc2O)cc1N1CCCN(c2ccnc(C#Cc3cccc4nccn34)n2)CC1. The number of nitrogens with zero attached hydrogens (tertiary/aromatic N) is 8. The van der Waals surface area contributed by atoms with E-state index in [4.69, 9.17) is 10.7 Å². The Bertz CT molecular complexity index is 1670. The van der Waals surface area contributed by atoms with E-state index in [1.54, 1.807) is 24.5 Å². The molecule has 0 atom stereocenters. The van der Waals surface area contributed by atoms with Gasteiger partial charge in [-0.1, -0.05) is 18.2 Å². The average molecular weight is 504 g/mol. The Morgan fingerprint density at radius 2 is 1.71 bits per heavy atom. The van der Waals surface area contributed by atoms with Crippen molar-refractivity contribution in [3.8, 4) is 28.8 Å². The number of hydrogen-bond donors (Lipinski definition) is 2. The normalized spacial score (nSPS) is 13.7. The van der Waals surface area contributed by atoms with Crippen LogP contribution in [0.1, 0.15) is 17.9 Å². The fourth-order valence-electron chi connectivity index (χ4n) is 4.61. The first-order chi connectivity index (χ1) is 18.7. The summed E-state index contributed by atoms with van der Waals surface area (Å²) >= 11 is 0. The second-order valence-electron chi connectivity index (χ2n) is 8.90. The molecule has 0 bridgehead atoms. The number of fused-ring (bicyclic) bond motifs is 1. The van der Waals surface area contributed by atoms with E-state index < -0.39 is 0 Å². The average Bonchev–Trinajstić information content (AvgIpc) is 3.30. The molecule has 0 saturated carbocycles. The predicted molar refractivity (Wildman–Crippen MR) is 146 cm³/mol. The van der Waals surface area contributed by atoms with E-state index in [0.717, 1.165) is 55.4 Å². The molecule has 0 aliphatic carbocycles. The minimum absolute atomic E-state index is 0.156. The van der Waals surface area contributed by atoms with Crippen molar-refractivity contribution < 1.29 is 5.11 Å². The van der Waals surface area contributed by atoms with Crippen molar-refractivity contribution in [2.45, 2.75) is 6.42 Å². The summed E-state index contributed by atoms with van der Waals surface area (Å²) in [6, 6.07) is 16.7. The number of rotatable bonds is 3. The third kappa shape index (κ3) is 4.65. The third-order valence-corrected chi connectivity index (χ3v) is 6.51. The van der Waals surface area contributed by atoms with Crippen molar-refractivity contribution in [1.29, 1.82) is 0 Å². The molecular formula is C28H25N9O. The van der Waals surface area contributed by atoms with Gasteiger partial charge in [0.25, 0.3) is 0 Å². The van der Waals surface area contributed by atoms with E-state index in [2.05, 4.69) is 41.8 Å². The highest BCUT2D eigenvalue weighted by Gasteiger charge is 2.20. The number of nitrogen functional groups attached to an aromatic ring is 1. The quantitative estimate of drug-likeness (QED) is 0.358. The number of hydrogen-bond acceptors (Lipinski definition) is 9. The summed E-state index contributed by atoms with van der Waals surface area (Å²) in [5.74, 6) is 8.09. The zero-order chi connectivity index (χ0) is 25.9. The highest BCUT2D eigenvalue weighted by molar-refractivity contribution is 5.74. The lowest BCUT2D eigenvalue weighted by Crippen LogP contribution is -2.31. The molecule has 38 heavy (non-hydrogen) atoms. The molecule has 1 fully saturated rings. The van der Waals surface area contributed by atoms with E-state index >= 15 is 0 Å². The summed E-state index contributed by atoms with van der Waals surface area (Å²) in [6.07, 6.45) is 6.29. The van der Waals surface area contributed by atoms with Gasteiger partial charge in [-0.25, -0.2) is 15.0 Å². The summed E-state index contributed by atoms with van der Waals surface area (Å²) in [4.78, 5) is 17.8. The highest BCUT2D eigenvalue weighted by atomic mass is 16.3. The molecule has 6 rings (SSSR count). The number of phenolic OH excluding ortho intramolecular Hbond substituents is 1. The molecular weight excluding hydrogens is 478 g/mol. The number of pyridine rings is 1. The van der Waals surface area contributed by atoms with Crippen LogP contribution in [0.5, 0.6) is 5.75 Å². The third-order valence-electron chi connectivity index (χ3n) is 6.51. The van der Waals surface area contributed by atoms with Crippen molar-refractivity contribution in [2.75, 3.05) is 41.7 Å². The molecule has 5 aromatic rings. The lowest BCUT2D eigenvalue weighted by atomic mass is 10.1. The van der Waals surface area contributed by atoms with Crippen LogP contribution in [0.15, 0.2) is 73.2 Å². The first-order valence-corrected chi connectivity index (χ1v) is 12.3.